The molecule has 0 bridgehead atoms. The second kappa shape index (κ2) is 3.64. The van der Waals surface area contributed by atoms with Crippen LogP contribution in [0.2, 0.25) is 0 Å². The zero-order valence-electron chi connectivity index (χ0n) is 7.16. The van der Waals surface area contributed by atoms with Crippen molar-refractivity contribution in [3.63, 3.8) is 0 Å². The van der Waals surface area contributed by atoms with Gasteiger partial charge in [0.15, 0.2) is 0 Å². The lowest BCUT2D eigenvalue weighted by molar-refractivity contribution is 0.298. The molecule has 0 radical (unpaired) electrons. The predicted molar refractivity (Wildman–Crippen MR) is 53.5 cm³/mol. The zero-order chi connectivity index (χ0) is 9.26. The third-order valence-electron chi connectivity index (χ3n) is 1.95. The lowest BCUT2D eigenvalue weighted by atomic mass is 10.2. The van der Waals surface area contributed by atoms with Crippen molar-refractivity contribution in [1.29, 1.82) is 0 Å². The highest BCUT2D eigenvalue weighted by molar-refractivity contribution is 9.10. The van der Waals surface area contributed by atoms with Crippen LogP contribution in [0.4, 0.5) is 0 Å². The van der Waals surface area contributed by atoms with E-state index in [4.69, 9.17) is 10.5 Å². The van der Waals surface area contributed by atoms with Crippen LogP contribution in [0.25, 0.3) is 0 Å². The number of halogens is 1. The van der Waals surface area contributed by atoms with Gasteiger partial charge in [0.05, 0.1) is 12.3 Å². The summed E-state index contributed by atoms with van der Waals surface area (Å²) in [5, 5.41) is 0. The van der Waals surface area contributed by atoms with Gasteiger partial charge in [0, 0.05) is 12.1 Å². The Morgan fingerprint density at radius 1 is 1.62 bits per heavy atom. The van der Waals surface area contributed by atoms with Gasteiger partial charge in [0.25, 0.3) is 0 Å². The normalized spacial score (nSPS) is 15.8. The van der Waals surface area contributed by atoms with E-state index in [-0.39, 0.29) is 0 Å². The Morgan fingerprint density at radius 3 is 3.00 bits per heavy atom. The van der Waals surface area contributed by atoms with Crippen LogP contribution in [-0.4, -0.2) is 11.1 Å². The second-order valence-electron chi connectivity index (χ2n) is 3.14. The number of aromatic nitrogens is 1. The van der Waals surface area contributed by atoms with E-state index in [1.165, 1.54) is 0 Å². The third-order valence-corrected chi connectivity index (χ3v) is 2.39. The number of ether oxygens (including phenoxy) is 1. The molecule has 1 aromatic rings. The topological polar surface area (TPSA) is 48.1 Å². The summed E-state index contributed by atoms with van der Waals surface area (Å²) in [5.74, 6) is 0.827. The molecule has 1 fully saturated rings. The minimum atomic E-state index is 0.397. The molecule has 0 amide bonds. The summed E-state index contributed by atoms with van der Waals surface area (Å²) in [6, 6.07) is 1.90. The Morgan fingerprint density at radius 2 is 2.38 bits per heavy atom. The largest absolute Gasteiger partial charge is 0.488 e. The summed E-state index contributed by atoms with van der Waals surface area (Å²) in [5.41, 5.74) is 6.60. The van der Waals surface area contributed by atoms with E-state index >= 15 is 0 Å². The summed E-state index contributed by atoms with van der Waals surface area (Å²) in [6.07, 6.45) is 4.43. The molecule has 1 heterocycles. The molecule has 1 saturated carbocycles. The average Bonchev–Trinajstić information content (AvgIpc) is 2.92. The van der Waals surface area contributed by atoms with E-state index in [0.29, 0.717) is 12.6 Å². The van der Waals surface area contributed by atoms with Gasteiger partial charge < -0.3 is 10.5 Å². The van der Waals surface area contributed by atoms with Gasteiger partial charge in [-0.05, 0) is 34.8 Å². The van der Waals surface area contributed by atoms with E-state index in [2.05, 4.69) is 20.9 Å². The highest BCUT2D eigenvalue weighted by Crippen LogP contribution is 2.29. The molecule has 4 heteroatoms. The highest BCUT2D eigenvalue weighted by Gasteiger charge is 2.24. The van der Waals surface area contributed by atoms with Crippen LogP contribution in [0, 0.1) is 0 Å². The number of pyridine rings is 1. The average molecular weight is 243 g/mol. The number of rotatable bonds is 3. The fourth-order valence-corrected chi connectivity index (χ4v) is 1.47. The van der Waals surface area contributed by atoms with Crippen molar-refractivity contribution < 1.29 is 4.74 Å². The maximum atomic E-state index is 5.64. The van der Waals surface area contributed by atoms with Gasteiger partial charge in [-0.2, -0.15) is 0 Å². The van der Waals surface area contributed by atoms with Gasteiger partial charge in [-0.15, -0.1) is 0 Å². The maximum absolute atomic E-state index is 5.64. The molecule has 0 unspecified atom stereocenters. The van der Waals surface area contributed by atoms with E-state index in [1.807, 2.05) is 6.07 Å². The van der Waals surface area contributed by atoms with E-state index < -0.39 is 0 Å². The molecule has 1 aliphatic rings. The van der Waals surface area contributed by atoms with Crippen LogP contribution < -0.4 is 10.5 Å². The molecule has 70 valence electrons. The molecule has 2 rings (SSSR count). The standard InChI is InChI=1S/C9H11BrN2O/c10-9-3-6(4-11)8(5-12-9)13-7-1-2-7/h3,5,7H,1-2,4,11H2. The van der Waals surface area contributed by atoms with Gasteiger partial charge >= 0.3 is 0 Å². The number of nitrogens with zero attached hydrogens (tertiary/aromatic N) is 1. The second-order valence-corrected chi connectivity index (χ2v) is 3.95. The summed E-state index contributed by atoms with van der Waals surface area (Å²) >= 11 is 3.30. The van der Waals surface area contributed by atoms with Crippen molar-refractivity contribution >= 4 is 15.9 Å². The van der Waals surface area contributed by atoms with Crippen molar-refractivity contribution in [3.8, 4) is 5.75 Å². The van der Waals surface area contributed by atoms with Gasteiger partial charge in [-0.1, -0.05) is 0 Å². The molecule has 1 aliphatic carbocycles. The lowest BCUT2D eigenvalue weighted by Gasteiger charge is -2.08. The van der Waals surface area contributed by atoms with E-state index in [0.717, 1.165) is 28.8 Å². The Labute approximate surface area is 85.4 Å². The summed E-state index contributed by atoms with van der Waals surface area (Å²) in [4.78, 5) is 4.10. The SMILES string of the molecule is NCc1cc(Br)ncc1OC1CC1. The number of hydrogen-bond acceptors (Lipinski definition) is 3. The van der Waals surface area contributed by atoms with E-state index in [9.17, 15) is 0 Å². The minimum absolute atomic E-state index is 0.397. The highest BCUT2D eigenvalue weighted by atomic mass is 79.9. The van der Waals surface area contributed by atoms with Gasteiger partial charge in [-0.3, -0.25) is 0 Å². The third kappa shape index (κ3) is 2.19. The molecule has 0 aromatic carbocycles. The molecular formula is C9H11BrN2O. The smallest absolute Gasteiger partial charge is 0.142 e. The molecule has 2 N–H and O–H groups in total. The van der Waals surface area contributed by atoms with Crippen LogP contribution >= 0.6 is 15.9 Å². The molecule has 0 atom stereocenters. The van der Waals surface area contributed by atoms with Crippen LogP contribution in [0.15, 0.2) is 16.9 Å². The van der Waals surface area contributed by atoms with Gasteiger partial charge in [0.2, 0.25) is 0 Å². The zero-order valence-corrected chi connectivity index (χ0v) is 8.75. The molecule has 0 aliphatic heterocycles. The van der Waals surface area contributed by atoms with Gasteiger partial charge in [0.1, 0.15) is 10.4 Å². The molecule has 0 spiro atoms. The predicted octanol–water partition coefficient (Wildman–Crippen LogP) is 1.84. The molecule has 1 aromatic heterocycles. The van der Waals surface area contributed by atoms with Crippen molar-refractivity contribution in [2.75, 3.05) is 0 Å². The van der Waals surface area contributed by atoms with Crippen molar-refractivity contribution in [1.82, 2.24) is 4.98 Å². The number of nitrogens with two attached hydrogens (primary N) is 1. The fraction of sp³-hybridized carbons (Fsp3) is 0.444. The molecule has 13 heavy (non-hydrogen) atoms. The quantitative estimate of drug-likeness (QED) is 0.824. The van der Waals surface area contributed by atoms with Gasteiger partial charge in [-0.25, -0.2) is 4.98 Å². The Bertz CT molecular complexity index is 312. The number of hydrogen-bond donors (Lipinski definition) is 1. The molecular weight excluding hydrogens is 232 g/mol. The Balaban J connectivity index is 2.21. The monoisotopic (exact) mass is 242 g/mol. The van der Waals surface area contributed by atoms with Crippen LogP contribution in [-0.2, 0) is 6.54 Å². The first-order valence-electron chi connectivity index (χ1n) is 4.30. The first kappa shape index (κ1) is 8.97. The fourth-order valence-electron chi connectivity index (χ4n) is 1.09. The molecule has 0 saturated heterocycles. The lowest BCUT2D eigenvalue weighted by Crippen LogP contribution is -2.04. The Hall–Kier alpha value is -0.610. The summed E-state index contributed by atoms with van der Waals surface area (Å²) in [6.45, 7) is 0.489. The summed E-state index contributed by atoms with van der Waals surface area (Å²) in [7, 11) is 0. The van der Waals surface area contributed by atoms with Crippen LogP contribution in [0.5, 0.6) is 5.75 Å². The summed E-state index contributed by atoms with van der Waals surface area (Å²) < 4.78 is 6.44. The first-order valence-corrected chi connectivity index (χ1v) is 5.10. The maximum Gasteiger partial charge on any atom is 0.142 e. The van der Waals surface area contributed by atoms with Crippen molar-refractivity contribution in [2.45, 2.75) is 25.5 Å². The minimum Gasteiger partial charge on any atom is -0.488 e. The van der Waals surface area contributed by atoms with Crippen molar-refractivity contribution in [2.24, 2.45) is 5.73 Å². The van der Waals surface area contributed by atoms with Crippen molar-refractivity contribution in [3.05, 3.63) is 22.4 Å². The van der Waals surface area contributed by atoms with Crippen LogP contribution in [0.3, 0.4) is 0 Å². The Kier molecular flexibility index (Phi) is 2.51. The van der Waals surface area contributed by atoms with E-state index in [1.54, 1.807) is 6.20 Å². The first-order chi connectivity index (χ1) is 6.29. The van der Waals surface area contributed by atoms with Crippen LogP contribution in [0.1, 0.15) is 18.4 Å². The molecule has 3 nitrogen and oxygen atoms in total.